The van der Waals surface area contributed by atoms with Crippen molar-refractivity contribution in [1.29, 1.82) is 0 Å². The zero-order chi connectivity index (χ0) is 14.8. The summed E-state index contributed by atoms with van der Waals surface area (Å²) < 4.78 is 5.57. The number of nitrogens with one attached hydrogen (secondary N) is 2. The first kappa shape index (κ1) is 14.3. The summed E-state index contributed by atoms with van der Waals surface area (Å²) in [6, 6.07) is 0. The van der Waals surface area contributed by atoms with Crippen LogP contribution in [0.3, 0.4) is 0 Å². The Hall–Kier alpha value is -2.15. The molecule has 0 aromatic heterocycles. The molecule has 2 rings (SSSR count). The Morgan fingerprint density at radius 3 is 2.90 bits per heavy atom. The van der Waals surface area contributed by atoms with Crippen molar-refractivity contribution >= 4 is 5.78 Å². The van der Waals surface area contributed by atoms with Gasteiger partial charge in [-0.1, -0.05) is 0 Å². The molecule has 7 nitrogen and oxygen atoms in total. The molecule has 0 saturated heterocycles. The summed E-state index contributed by atoms with van der Waals surface area (Å²) in [4.78, 5) is 23.1. The zero-order valence-electron chi connectivity index (χ0n) is 11.4. The van der Waals surface area contributed by atoms with E-state index in [-0.39, 0.29) is 17.9 Å². The monoisotopic (exact) mass is 279 g/mol. The molecule has 0 aromatic carbocycles. The molecule has 20 heavy (non-hydrogen) atoms. The Bertz CT molecular complexity index is 536. The van der Waals surface area contributed by atoms with Gasteiger partial charge in [-0.25, -0.2) is 0 Å². The Morgan fingerprint density at radius 1 is 1.55 bits per heavy atom. The van der Waals surface area contributed by atoms with E-state index in [0.717, 1.165) is 5.57 Å². The fourth-order valence-corrected chi connectivity index (χ4v) is 2.55. The molecule has 1 unspecified atom stereocenters. The second-order valence-electron chi connectivity index (χ2n) is 4.66. The highest BCUT2D eigenvalue weighted by Gasteiger charge is 2.49. The number of hydrogen-bond acceptors (Lipinski definition) is 6. The van der Waals surface area contributed by atoms with Crippen LogP contribution in [0, 0.1) is 10.1 Å². The Balaban J connectivity index is 2.47. The molecule has 0 fully saturated rings. The lowest BCUT2D eigenvalue weighted by Gasteiger charge is -2.33. The van der Waals surface area contributed by atoms with Crippen LogP contribution in [0.1, 0.15) is 12.8 Å². The molecule has 0 bridgehead atoms. The first-order chi connectivity index (χ1) is 9.55. The normalized spacial score (nSPS) is 25.2. The van der Waals surface area contributed by atoms with Crippen LogP contribution < -0.4 is 10.6 Å². The van der Waals surface area contributed by atoms with Gasteiger partial charge in [0.15, 0.2) is 5.78 Å². The molecule has 108 valence electrons. The average molecular weight is 279 g/mol. The summed E-state index contributed by atoms with van der Waals surface area (Å²) >= 11 is 0. The van der Waals surface area contributed by atoms with Crippen LogP contribution in [-0.2, 0) is 9.53 Å². The molecule has 2 N–H and O–H groups in total. The van der Waals surface area contributed by atoms with Gasteiger partial charge in [-0.2, -0.15) is 0 Å². The maximum absolute atomic E-state index is 12.5. The summed E-state index contributed by atoms with van der Waals surface area (Å²) in [5.41, 5.74) is -0.436. The van der Waals surface area contributed by atoms with Gasteiger partial charge < -0.3 is 15.4 Å². The molecule has 2 aliphatic rings. The zero-order valence-corrected chi connectivity index (χ0v) is 11.4. The van der Waals surface area contributed by atoms with Crippen molar-refractivity contribution in [2.75, 3.05) is 20.7 Å². The van der Waals surface area contributed by atoms with Crippen LogP contribution in [0.15, 0.2) is 35.4 Å². The van der Waals surface area contributed by atoms with Gasteiger partial charge in [-0.05, 0) is 19.3 Å². The molecule has 0 radical (unpaired) electrons. The van der Waals surface area contributed by atoms with Gasteiger partial charge in [-0.3, -0.25) is 14.9 Å². The Kier molecular flexibility index (Phi) is 3.89. The van der Waals surface area contributed by atoms with Crippen molar-refractivity contribution in [2.45, 2.75) is 18.4 Å². The minimum Gasteiger partial charge on any atom is -0.495 e. The number of nitro groups is 1. The number of ketones is 1. The first-order valence-corrected chi connectivity index (χ1v) is 6.33. The van der Waals surface area contributed by atoms with Crippen molar-refractivity contribution in [3.63, 3.8) is 0 Å². The maximum atomic E-state index is 12.5. The molecule has 0 saturated carbocycles. The SMILES string of the molecule is CNC=CC(=O)C1(NC)CC([N+](=O)[O-])=CC2=C1OCC2. The minimum atomic E-state index is -1.18. The molecule has 1 aliphatic heterocycles. The number of carbonyl (C=O) groups excluding carboxylic acids is 1. The van der Waals surface area contributed by atoms with Gasteiger partial charge in [-0.15, -0.1) is 0 Å². The van der Waals surface area contributed by atoms with E-state index in [4.69, 9.17) is 4.74 Å². The number of ether oxygens (including phenoxy) is 1. The average Bonchev–Trinajstić information content (AvgIpc) is 2.92. The lowest BCUT2D eigenvalue weighted by Crippen LogP contribution is -2.53. The molecule has 1 atom stereocenters. The fourth-order valence-electron chi connectivity index (χ4n) is 2.55. The van der Waals surface area contributed by atoms with E-state index >= 15 is 0 Å². The van der Waals surface area contributed by atoms with E-state index in [1.807, 2.05) is 0 Å². The van der Waals surface area contributed by atoms with Crippen molar-refractivity contribution in [1.82, 2.24) is 10.6 Å². The van der Waals surface area contributed by atoms with Crippen LogP contribution in [0.4, 0.5) is 0 Å². The van der Waals surface area contributed by atoms with Gasteiger partial charge in [0.2, 0.25) is 5.70 Å². The topological polar surface area (TPSA) is 93.5 Å². The summed E-state index contributed by atoms with van der Waals surface area (Å²) in [5, 5.41) is 16.8. The molecular weight excluding hydrogens is 262 g/mol. The van der Waals surface area contributed by atoms with E-state index in [1.54, 1.807) is 14.1 Å². The van der Waals surface area contributed by atoms with Crippen molar-refractivity contribution < 1.29 is 14.5 Å². The summed E-state index contributed by atoms with van der Waals surface area (Å²) in [6.45, 7) is 0.443. The van der Waals surface area contributed by atoms with Gasteiger partial charge in [0.1, 0.15) is 11.3 Å². The van der Waals surface area contributed by atoms with Crippen molar-refractivity contribution in [3.05, 3.63) is 45.5 Å². The van der Waals surface area contributed by atoms with Gasteiger partial charge in [0.05, 0.1) is 18.0 Å². The van der Waals surface area contributed by atoms with Crippen LogP contribution >= 0.6 is 0 Å². The largest absolute Gasteiger partial charge is 0.495 e. The van der Waals surface area contributed by atoms with E-state index in [0.29, 0.717) is 18.8 Å². The fraction of sp³-hybridized carbons (Fsp3) is 0.462. The quantitative estimate of drug-likeness (QED) is 0.432. The molecule has 0 amide bonds. The van der Waals surface area contributed by atoms with E-state index in [2.05, 4.69) is 10.6 Å². The summed E-state index contributed by atoms with van der Waals surface area (Å²) in [5.74, 6) is 0.243. The Labute approximate surface area is 116 Å². The minimum absolute atomic E-state index is 0.0230. The molecule has 1 aliphatic carbocycles. The number of allylic oxidation sites excluding steroid dienone is 1. The highest BCUT2D eigenvalue weighted by Crippen LogP contribution is 2.39. The third-order valence-corrected chi connectivity index (χ3v) is 3.57. The molecule has 0 aromatic rings. The predicted octanol–water partition coefficient (Wildman–Crippen LogP) is 0.485. The van der Waals surface area contributed by atoms with Crippen molar-refractivity contribution in [2.24, 2.45) is 0 Å². The van der Waals surface area contributed by atoms with E-state index in [9.17, 15) is 14.9 Å². The Morgan fingerprint density at radius 2 is 2.30 bits per heavy atom. The predicted molar refractivity (Wildman–Crippen MR) is 72.3 cm³/mol. The van der Waals surface area contributed by atoms with Crippen LogP contribution in [0.5, 0.6) is 0 Å². The highest BCUT2D eigenvalue weighted by molar-refractivity contribution is 6.01. The standard InChI is InChI=1S/C13H17N3O4/c1-14-5-3-11(17)13(15-2)8-10(16(18)19)7-9-4-6-20-12(9)13/h3,5,7,14-15H,4,6,8H2,1-2H3. The van der Waals surface area contributed by atoms with Crippen LogP contribution in [-0.4, -0.2) is 36.9 Å². The summed E-state index contributed by atoms with van der Waals surface area (Å²) in [6.07, 6.45) is 4.95. The lowest BCUT2D eigenvalue weighted by molar-refractivity contribution is -0.429. The van der Waals surface area contributed by atoms with E-state index in [1.165, 1.54) is 18.4 Å². The van der Waals surface area contributed by atoms with Crippen LogP contribution in [0.25, 0.3) is 0 Å². The second-order valence-corrected chi connectivity index (χ2v) is 4.66. The molecular formula is C13H17N3O4. The van der Waals surface area contributed by atoms with Gasteiger partial charge >= 0.3 is 0 Å². The number of carbonyl (C=O) groups is 1. The molecule has 1 heterocycles. The second kappa shape index (κ2) is 5.46. The molecule has 7 heteroatoms. The van der Waals surface area contributed by atoms with Crippen LogP contribution in [0.2, 0.25) is 0 Å². The van der Waals surface area contributed by atoms with Gasteiger partial charge in [0, 0.05) is 25.1 Å². The smallest absolute Gasteiger partial charge is 0.249 e. The highest BCUT2D eigenvalue weighted by atomic mass is 16.6. The number of hydrogen-bond donors (Lipinski definition) is 2. The maximum Gasteiger partial charge on any atom is 0.249 e. The number of nitrogens with zero attached hydrogens (tertiary/aromatic N) is 1. The van der Waals surface area contributed by atoms with Gasteiger partial charge in [0.25, 0.3) is 0 Å². The lowest BCUT2D eigenvalue weighted by atomic mass is 9.80. The van der Waals surface area contributed by atoms with Crippen molar-refractivity contribution in [3.8, 4) is 0 Å². The molecule has 0 spiro atoms. The third kappa shape index (κ3) is 2.20. The number of likely N-dealkylation sites (N-methyl/N-ethyl adjacent to an activating group) is 1. The van der Waals surface area contributed by atoms with E-state index < -0.39 is 10.5 Å². The summed E-state index contributed by atoms with van der Waals surface area (Å²) in [7, 11) is 3.29. The third-order valence-electron chi connectivity index (χ3n) is 3.57. The number of rotatable bonds is 5. The first-order valence-electron chi connectivity index (χ1n) is 6.33.